The molecule has 1 aliphatic heterocycles. The van der Waals surface area contributed by atoms with Crippen molar-refractivity contribution >= 4 is 64.0 Å². The van der Waals surface area contributed by atoms with Gasteiger partial charge < -0.3 is 16.8 Å². The van der Waals surface area contributed by atoms with Gasteiger partial charge in [0.2, 0.25) is 11.9 Å². The highest BCUT2D eigenvalue weighted by Gasteiger charge is 2.50. The molecule has 0 aliphatic carbocycles. The molecular formula is C18H16Cl2N7O6+. The molecule has 1 fully saturated rings. The summed E-state index contributed by atoms with van der Waals surface area (Å²) in [4.78, 5) is 47.8. The van der Waals surface area contributed by atoms with Crippen LogP contribution in [0.2, 0.25) is 10.0 Å². The van der Waals surface area contributed by atoms with Crippen molar-refractivity contribution in [1.29, 1.82) is 0 Å². The van der Waals surface area contributed by atoms with Crippen LogP contribution in [0.4, 0.5) is 11.4 Å². The van der Waals surface area contributed by atoms with Gasteiger partial charge in [-0.1, -0.05) is 23.2 Å². The first-order chi connectivity index (χ1) is 15.5. The second-order valence-electron chi connectivity index (χ2n) is 6.15. The third-order valence-corrected chi connectivity index (χ3v) is 4.40. The van der Waals surface area contributed by atoms with E-state index in [0.29, 0.717) is 15.7 Å². The summed E-state index contributed by atoms with van der Waals surface area (Å²) in [5.41, 5.74) is 10.7. The van der Waals surface area contributed by atoms with Gasteiger partial charge in [0.1, 0.15) is 4.91 Å². The lowest BCUT2D eigenvalue weighted by Crippen LogP contribution is -2.34. The van der Waals surface area contributed by atoms with E-state index in [4.69, 9.17) is 50.0 Å². The Kier molecular flexibility index (Phi) is 8.25. The van der Waals surface area contributed by atoms with Gasteiger partial charge in [-0.25, -0.2) is 15.3 Å². The molecule has 3 rings (SSSR count). The van der Waals surface area contributed by atoms with E-state index in [1.54, 1.807) is 24.3 Å². The maximum atomic E-state index is 12.9. The van der Waals surface area contributed by atoms with Crippen molar-refractivity contribution < 1.29 is 29.9 Å². The number of halogens is 2. The molecule has 0 spiro atoms. The average molecular weight is 497 g/mol. The maximum absolute atomic E-state index is 12.9. The lowest BCUT2D eigenvalue weighted by Gasteiger charge is -2.14. The molecule has 0 saturated carbocycles. The van der Waals surface area contributed by atoms with Gasteiger partial charge in [0.15, 0.2) is 11.6 Å². The molecule has 0 radical (unpaired) electrons. The Balaban J connectivity index is 0.000000890. The summed E-state index contributed by atoms with van der Waals surface area (Å²) in [6.07, 6.45) is 0. The molecule has 1 atom stereocenters. The minimum atomic E-state index is -1.54. The second-order valence-corrected chi connectivity index (χ2v) is 7.02. The SMILES string of the molecule is NC(N)=N/N=C1\C(=O)N(c2ccc(Cl)cc2)C(=O)C1C(=O)Nc1ccc(Cl)cc1.O=[N+](O)O. The summed E-state index contributed by atoms with van der Waals surface area (Å²) >= 11 is 11.7. The van der Waals surface area contributed by atoms with Crippen LogP contribution in [-0.4, -0.2) is 44.9 Å². The van der Waals surface area contributed by atoms with Gasteiger partial charge in [0, 0.05) is 15.7 Å². The number of nitrogens with two attached hydrogens (primary N) is 2. The Morgan fingerprint density at radius 1 is 1.00 bits per heavy atom. The predicted octanol–water partition coefficient (Wildman–Crippen LogP) is 1.29. The molecule has 172 valence electrons. The molecule has 33 heavy (non-hydrogen) atoms. The first-order valence-corrected chi connectivity index (χ1v) is 9.48. The number of guanidine groups is 1. The van der Waals surface area contributed by atoms with E-state index in [1.807, 2.05) is 0 Å². The average Bonchev–Trinajstić information content (AvgIpc) is 2.98. The molecule has 3 amide bonds. The first kappa shape index (κ1) is 25.0. The zero-order valence-corrected chi connectivity index (χ0v) is 17.9. The van der Waals surface area contributed by atoms with Gasteiger partial charge in [-0.2, -0.15) is 0 Å². The molecule has 1 heterocycles. The van der Waals surface area contributed by atoms with Crippen LogP contribution in [0.3, 0.4) is 0 Å². The fourth-order valence-corrected chi connectivity index (χ4v) is 2.87. The molecule has 1 aliphatic rings. The molecular weight excluding hydrogens is 481 g/mol. The summed E-state index contributed by atoms with van der Waals surface area (Å²) in [7, 11) is 0. The largest absolute Gasteiger partial charge is 0.472 e. The highest BCUT2D eigenvalue weighted by atomic mass is 35.5. The third-order valence-electron chi connectivity index (χ3n) is 3.89. The molecule has 0 bridgehead atoms. The van der Waals surface area contributed by atoms with Crippen LogP contribution in [0.15, 0.2) is 58.7 Å². The summed E-state index contributed by atoms with van der Waals surface area (Å²) in [6.45, 7) is 0. The van der Waals surface area contributed by atoms with Crippen LogP contribution in [0.5, 0.6) is 0 Å². The molecule has 15 heteroatoms. The van der Waals surface area contributed by atoms with Crippen molar-refractivity contribution in [3.05, 3.63) is 63.5 Å². The number of nitrogens with zero attached hydrogens (tertiary/aromatic N) is 4. The Hall–Kier alpha value is -4.23. The predicted molar refractivity (Wildman–Crippen MR) is 118 cm³/mol. The summed E-state index contributed by atoms with van der Waals surface area (Å²) in [6, 6.07) is 12.2. The van der Waals surface area contributed by atoms with Gasteiger partial charge in [-0.15, -0.1) is 10.2 Å². The van der Waals surface area contributed by atoms with Gasteiger partial charge >= 0.3 is 5.09 Å². The number of carbonyl (C=O) groups excluding carboxylic acids is 3. The van der Waals surface area contributed by atoms with Crippen molar-refractivity contribution in [3.8, 4) is 0 Å². The topological polar surface area (TPSA) is 204 Å². The van der Waals surface area contributed by atoms with Crippen molar-refractivity contribution in [2.75, 3.05) is 10.2 Å². The number of nitrogens with one attached hydrogen (secondary N) is 1. The third kappa shape index (κ3) is 6.62. The van der Waals surface area contributed by atoms with Gasteiger partial charge in [-0.05, 0) is 48.5 Å². The highest BCUT2D eigenvalue weighted by Crippen LogP contribution is 2.27. The number of imide groups is 1. The van der Waals surface area contributed by atoms with Gasteiger partial charge in [-0.3, -0.25) is 14.4 Å². The molecule has 1 saturated heterocycles. The van der Waals surface area contributed by atoms with E-state index >= 15 is 0 Å². The summed E-state index contributed by atoms with van der Waals surface area (Å²) in [5.74, 6) is -4.37. The molecule has 2 aromatic rings. The smallest absolute Gasteiger partial charge is 0.369 e. The van der Waals surface area contributed by atoms with E-state index in [-0.39, 0.29) is 5.69 Å². The second kappa shape index (κ2) is 10.9. The lowest BCUT2D eigenvalue weighted by atomic mass is 10.1. The lowest BCUT2D eigenvalue weighted by molar-refractivity contribution is -0.969. The zero-order chi connectivity index (χ0) is 24.7. The van der Waals surface area contributed by atoms with Crippen LogP contribution in [0.25, 0.3) is 0 Å². The van der Waals surface area contributed by atoms with Crippen LogP contribution >= 0.6 is 23.2 Å². The quantitative estimate of drug-likeness (QED) is 0.137. The van der Waals surface area contributed by atoms with E-state index in [9.17, 15) is 14.4 Å². The minimum Gasteiger partial charge on any atom is -0.369 e. The Morgan fingerprint density at radius 2 is 1.48 bits per heavy atom. The number of anilines is 2. The summed E-state index contributed by atoms with van der Waals surface area (Å²) in [5, 5.41) is 23.0. The summed E-state index contributed by atoms with van der Waals surface area (Å²) < 4.78 is 0. The minimum absolute atomic E-state index is 0.226. The van der Waals surface area contributed by atoms with E-state index in [1.165, 1.54) is 24.3 Å². The standard InChI is InChI=1S/C18H14Cl2N6O3.H2NO3/c19-9-1-5-11(6-2-9)23-15(27)13-14(24-25-18(21)22)17(29)26(16(13)28)12-7-3-10(20)4-8-12;2-1(3)4/h1-8,13H,(H,23,27)(H4,21,22,25);(H2,2,3,4)/q;+1/b24-14-;. The molecule has 13 nitrogen and oxygen atoms in total. The van der Waals surface area contributed by atoms with Crippen LogP contribution < -0.4 is 21.7 Å². The molecule has 7 N–H and O–H groups in total. The van der Waals surface area contributed by atoms with Gasteiger partial charge in [0.25, 0.3) is 11.8 Å². The Labute approximate surface area is 195 Å². The Bertz CT molecular complexity index is 1130. The first-order valence-electron chi connectivity index (χ1n) is 8.73. The fourth-order valence-electron chi connectivity index (χ4n) is 2.61. The number of hydrogen-bond acceptors (Lipinski definition) is 6. The Morgan fingerprint density at radius 3 is 1.97 bits per heavy atom. The van der Waals surface area contributed by atoms with Crippen LogP contribution in [0.1, 0.15) is 0 Å². The van der Waals surface area contributed by atoms with E-state index in [2.05, 4.69) is 15.5 Å². The normalized spacial score (nSPS) is 16.1. The number of carbonyl (C=O) groups is 3. The van der Waals surface area contributed by atoms with Crippen molar-refractivity contribution in [2.24, 2.45) is 27.6 Å². The molecule has 2 aromatic carbocycles. The van der Waals surface area contributed by atoms with E-state index < -0.39 is 40.4 Å². The fraction of sp³-hybridized carbons (Fsp3) is 0.0556. The van der Waals surface area contributed by atoms with Crippen molar-refractivity contribution in [1.82, 2.24) is 0 Å². The van der Waals surface area contributed by atoms with Crippen LogP contribution in [-0.2, 0) is 14.4 Å². The number of hydrogen-bond donors (Lipinski definition) is 5. The number of rotatable bonds is 4. The molecule has 1 unspecified atom stereocenters. The highest BCUT2D eigenvalue weighted by molar-refractivity contribution is 6.61. The zero-order valence-electron chi connectivity index (χ0n) is 16.4. The molecule has 0 aromatic heterocycles. The van der Waals surface area contributed by atoms with Crippen molar-refractivity contribution in [2.45, 2.75) is 0 Å². The van der Waals surface area contributed by atoms with Gasteiger partial charge in [0.05, 0.1) is 5.69 Å². The number of amides is 3. The monoisotopic (exact) mass is 496 g/mol. The van der Waals surface area contributed by atoms with Crippen LogP contribution in [0, 0.1) is 10.8 Å². The number of benzene rings is 2. The maximum Gasteiger partial charge on any atom is 0.472 e. The van der Waals surface area contributed by atoms with E-state index in [0.717, 1.165) is 4.90 Å². The van der Waals surface area contributed by atoms with Crippen molar-refractivity contribution in [3.63, 3.8) is 0 Å².